The van der Waals surface area contributed by atoms with Crippen LogP contribution >= 0.6 is 0 Å². The molecule has 2 aromatic rings. The van der Waals surface area contributed by atoms with Gasteiger partial charge in [-0.25, -0.2) is 8.42 Å². The number of amides is 1. The van der Waals surface area contributed by atoms with E-state index in [-0.39, 0.29) is 18.2 Å². The fourth-order valence-electron chi connectivity index (χ4n) is 3.12. The first-order chi connectivity index (χ1) is 13.4. The fraction of sp³-hybridized carbons (Fsp3) is 0.381. The van der Waals surface area contributed by atoms with E-state index in [0.29, 0.717) is 17.1 Å². The lowest BCUT2D eigenvalue weighted by Gasteiger charge is -2.34. The number of ether oxygens (including phenoxy) is 1. The molecular formula is C21H26N2O4S. The van der Waals surface area contributed by atoms with Gasteiger partial charge in [-0.2, -0.15) is 0 Å². The Hall–Kier alpha value is -2.54. The molecule has 3 rings (SSSR count). The van der Waals surface area contributed by atoms with Gasteiger partial charge in [-0.15, -0.1) is 0 Å². The maximum atomic E-state index is 12.7. The van der Waals surface area contributed by atoms with Gasteiger partial charge in [-0.1, -0.05) is 37.6 Å². The van der Waals surface area contributed by atoms with Crippen LogP contribution in [0.5, 0.6) is 5.75 Å². The molecule has 0 bridgehead atoms. The van der Waals surface area contributed by atoms with Crippen LogP contribution in [0.4, 0.5) is 11.4 Å². The third kappa shape index (κ3) is 4.47. The Morgan fingerprint density at radius 2 is 1.86 bits per heavy atom. The molecule has 0 aromatic heterocycles. The molecule has 0 fully saturated rings. The van der Waals surface area contributed by atoms with Crippen LogP contribution in [0.3, 0.4) is 0 Å². The highest BCUT2D eigenvalue weighted by Gasteiger charge is 2.35. The number of hydrogen-bond acceptors (Lipinski definition) is 4. The number of unbranched alkanes of at least 4 members (excludes halogenated alkanes) is 1. The monoisotopic (exact) mass is 402 g/mol. The molecule has 150 valence electrons. The molecule has 6 nitrogen and oxygen atoms in total. The van der Waals surface area contributed by atoms with Gasteiger partial charge in [0.05, 0.1) is 18.0 Å². The quantitative estimate of drug-likeness (QED) is 0.768. The highest BCUT2D eigenvalue weighted by Crippen LogP contribution is 2.35. The number of carbonyl (C=O) groups excluding carboxylic acids is 1. The molecule has 7 heteroatoms. The Kier molecular flexibility index (Phi) is 6.24. The Bertz CT molecular complexity index is 926. The fourth-order valence-corrected chi connectivity index (χ4v) is 4.24. The van der Waals surface area contributed by atoms with Gasteiger partial charge in [-0.05, 0) is 49.6 Å². The molecule has 1 unspecified atom stereocenters. The summed E-state index contributed by atoms with van der Waals surface area (Å²) in [6.07, 6.45) is 2.35. The van der Waals surface area contributed by atoms with Crippen LogP contribution in [-0.4, -0.2) is 32.7 Å². The van der Waals surface area contributed by atoms with E-state index in [4.69, 9.17) is 4.74 Å². The van der Waals surface area contributed by atoms with Gasteiger partial charge in [0.2, 0.25) is 10.0 Å². The summed E-state index contributed by atoms with van der Waals surface area (Å²) < 4.78 is 32.1. The number of para-hydroxylation sites is 2. The Balaban J connectivity index is 1.75. The highest BCUT2D eigenvalue weighted by molar-refractivity contribution is 7.92. The summed E-state index contributed by atoms with van der Waals surface area (Å²) >= 11 is 0. The molecule has 0 aliphatic carbocycles. The van der Waals surface area contributed by atoms with E-state index < -0.39 is 16.1 Å². The zero-order valence-corrected chi connectivity index (χ0v) is 17.0. The van der Waals surface area contributed by atoms with Gasteiger partial charge >= 0.3 is 0 Å². The van der Waals surface area contributed by atoms with Crippen LogP contribution in [0.1, 0.15) is 32.3 Å². The van der Waals surface area contributed by atoms with Crippen molar-refractivity contribution in [1.29, 1.82) is 0 Å². The lowest BCUT2D eigenvalue weighted by atomic mass is 10.1. The van der Waals surface area contributed by atoms with E-state index in [1.54, 1.807) is 31.2 Å². The largest absolute Gasteiger partial charge is 0.476 e. The first kappa shape index (κ1) is 20.2. The van der Waals surface area contributed by atoms with Crippen molar-refractivity contribution in [1.82, 2.24) is 0 Å². The zero-order valence-electron chi connectivity index (χ0n) is 16.2. The van der Waals surface area contributed by atoms with E-state index in [1.807, 2.05) is 24.3 Å². The number of hydrogen-bond donors (Lipinski definition) is 1. The van der Waals surface area contributed by atoms with Crippen molar-refractivity contribution in [2.24, 2.45) is 0 Å². The Morgan fingerprint density at radius 1 is 1.14 bits per heavy atom. The second-order valence-electron chi connectivity index (χ2n) is 6.80. The number of fused-ring (bicyclic) bond motifs is 1. The second kappa shape index (κ2) is 8.65. The van der Waals surface area contributed by atoms with Crippen molar-refractivity contribution in [2.45, 2.75) is 39.2 Å². The third-order valence-corrected chi connectivity index (χ3v) is 6.52. The molecule has 1 aliphatic rings. The van der Waals surface area contributed by atoms with Gasteiger partial charge in [0.15, 0.2) is 6.10 Å². The Morgan fingerprint density at radius 3 is 2.54 bits per heavy atom. The van der Waals surface area contributed by atoms with Crippen molar-refractivity contribution < 1.29 is 17.9 Å². The lowest BCUT2D eigenvalue weighted by Crippen LogP contribution is -2.49. The van der Waals surface area contributed by atoms with Crippen LogP contribution in [0, 0.1) is 0 Å². The number of sulfonamides is 1. The minimum Gasteiger partial charge on any atom is -0.476 e. The minimum absolute atomic E-state index is 0.0467. The average Bonchev–Trinajstić information content (AvgIpc) is 2.72. The number of nitrogens with zero attached hydrogens (tertiary/aromatic N) is 1. The van der Waals surface area contributed by atoms with Gasteiger partial charge in [0, 0.05) is 5.69 Å². The smallest absolute Gasteiger partial charge is 0.267 e. The first-order valence-electron chi connectivity index (χ1n) is 9.60. The SMILES string of the molecule is CCCCc1ccc(NC(=O)C2CN(S(=O)(=O)CC)c3ccccc3O2)cc1. The number of rotatable bonds is 7. The molecule has 2 aromatic carbocycles. The van der Waals surface area contributed by atoms with Crippen molar-refractivity contribution in [3.63, 3.8) is 0 Å². The third-order valence-electron chi connectivity index (χ3n) is 4.77. The van der Waals surface area contributed by atoms with E-state index in [9.17, 15) is 13.2 Å². The van der Waals surface area contributed by atoms with Gasteiger partial charge < -0.3 is 10.1 Å². The van der Waals surface area contributed by atoms with Crippen molar-refractivity contribution in [2.75, 3.05) is 21.9 Å². The number of anilines is 2. The lowest BCUT2D eigenvalue weighted by molar-refractivity contribution is -0.122. The molecular weight excluding hydrogens is 376 g/mol. The molecule has 1 heterocycles. The highest BCUT2D eigenvalue weighted by atomic mass is 32.2. The normalized spacial score (nSPS) is 16.2. The van der Waals surface area contributed by atoms with E-state index in [2.05, 4.69) is 12.2 Å². The summed E-state index contributed by atoms with van der Waals surface area (Å²) in [5, 5.41) is 2.83. The summed E-state index contributed by atoms with van der Waals surface area (Å²) in [4.78, 5) is 12.7. The summed E-state index contributed by atoms with van der Waals surface area (Å²) in [7, 11) is -3.52. The van der Waals surface area contributed by atoms with E-state index in [1.165, 1.54) is 9.87 Å². The molecule has 0 radical (unpaired) electrons. The van der Waals surface area contributed by atoms with Crippen LogP contribution in [0.25, 0.3) is 0 Å². The van der Waals surface area contributed by atoms with Crippen LogP contribution in [0.15, 0.2) is 48.5 Å². The van der Waals surface area contributed by atoms with Crippen LogP contribution < -0.4 is 14.4 Å². The number of benzene rings is 2. The van der Waals surface area contributed by atoms with Gasteiger partial charge in [0.25, 0.3) is 5.91 Å². The maximum absolute atomic E-state index is 12.7. The molecule has 1 aliphatic heterocycles. The van der Waals surface area contributed by atoms with Crippen molar-refractivity contribution >= 4 is 27.3 Å². The van der Waals surface area contributed by atoms with Crippen molar-refractivity contribution in [3.05, 3.63) is 54.1 Å². The second-order valence-corrected chi connectivity index (χ2v) is 8.98. The van der Waals surface area contributed by atoms with E-state index in [0.717, 1.165) is 19.3 Å². The predicted molar refractivity (Wildman–Crippen MR) is 111 cm³/mol. The number of aryl methyl sites for hydroxylation is 1. The van der Waals surface area contributed by atoms with Crippen molar-refractivity contribution in [3.8, 4) is 5.75 Å². The predicted octanol–water partition coefficient (Wildman–Crippen LogP) is 3.59. The summed E-state index contributed by atoms with van der Waals surface area (Å²) in [5.41, 5.74) is 2.36. The Labute approximate surface area is 166 Å². The molecule has 0 saturated heterocycles. The molecule has 28 heavy (non-hydrogen) atoms. The topological polar surface area (TPSA) is 75.7 Å². The first-order valence-corrected chi connectivity index (χ1v) is 11.2. The van der Waals surface area contributed by atoms with Crippen LogP contribution in [0.2, 0.25) is 0 Å². The van der Waals surface area contributed by atoms with E-state index >= 15 is 0 Å². The molecule has 0 saturated carbocycles. The summed E-state index contributed by atoms with van der Waals surface area (Å²) in [6.45, 7) is 3.69. The standard InChI is InChI=1S/C21H26N2O4S/c1-3-5-8-16-11-13-17(14-12-16)22-21(24)20-15-23(28(25,26)4-2)18-9-6-7-10-19(18)27-20/h6-7,9-14,20H,3-5,8,15H2,1-2H3,(H,22,24). The van der Waals surface area contributed by atoms with Crippen LogP contribution in [-0.2, 0) is 21.2 Å². The maximum Gasteiger partial charge on any atom is 0.267 e. The molecule has 0 spiro atoms. The molecule has 1 atom stereocenters. The average molecular weight is 403 g/mol. The summed E-state index contributed by atoms with van der Waals surface area (Å²) in [5.74, 6) is -0.0255. The number of carbonyl (C=O) groups is 1. The van der Waals surface area contributed by atoms with Gasteiger partial charge in [-0.3, -0.25) is 9.10 Å². The summed E-state index contributed by atoms with van der Waals surface area (Å²) in [6, 6.07) is 14.6. The number of nitrogens with one attached hydrogen (secondary N) is 1. The molecule has 1 amide bonds. The minimum atomic E-state index is -3.52. The zero-order chi connectivity index (χ0) is 20.1. The van der Waals surface area contributed by atoms with Gasteiger partial charge in [0.1, 0.15) is 5.75 Å². The molecule has 1 N–H and O–H groups in total.